The minimum absolute atomic E-state index is 0.530. The number of carbonyl (C=O) groups excluding carboxylic acids is 1. The van der Waals surface area contributed by atoms with Crippen LogP contribution < -0.4 is 10.1 Å². The number of nitrogens with zero attached hydrogens (tertiary/aromatic N) is 1. The molecule has 0 saturated carbocycles. The summed E-state index contributed by atoms with van der Waals surface area (Å²) in [6, 6.07) is 15.3. The molecule has 1 heterocycles. The molecular weight excluding hydrogens is 276 g/mol. The first-order chi connectivity index (χ1) is 10.8. The number of methoxy groups -OCH3 is 1. The summed E-state index contributed by atoms with van der Waals surface area (Å²) in [5.74, 6) is 0.780. The summed E-state index contributed by atoms with van der Waals surface area (Å²) in [6.07, 6.45) is 2.62. The molecule has 0 unspecified atom stereocenters. The van der Waals surface area contributed by atoms with Crippen LogP contribution in [0, 0.1) is 0 Å². The average Bonchev–Trinajstić information content (AvgIpc) is 2.59. The summed E-state index contributed by atoms with van der Waals surface area (Å²) in [5, 5.41) is 4.36. The van der Waals surface area contributed by atoms with Crippen LogP contribution in [0.1, 0.15) is 15.9 Å². The number of nitrogens with one attached hydrogen (secondary N) is 1. The predicted octanol–water partition coefficient (Wildman–Crippen LogP) is 3.67. The lowest BCUT2D eigenvalue weighted by molar-refractivity contribution is 0.112. The maximum atomic E-state index is 11.1. The summed E-state index contributed by atoms with van der Waals surface area (Å²) in [4.78, 5) is 15.6. The Kier molecular flexibility index (Phi) is 4.01. The monoisotopic (exact) mass is 292 g/mol. The number of anilines is 1. The standard InChI is InChI=1S/C18H16N2O2/c1-22-17-9-8-13-6-4-10-19-18(13)15(17)11-20-16-7-3-2-5-14(16)12-21/h2-10,12,20H,11H2,1H3. The van der Waals surface area contributed by atoms with Gasteiger partial charge < -0.3 is 10.1 Å². The van der Waals surface area contributed by atoms with Crippen molar-refractivity contribution in [2.45, 2.75) is 6.54 Å². The third kappa shape index (κ3) is 2.63. The predicted molar refractivity (Wildman–Crippen MR) is 87.5 cm³/mol. The van der Waals surface area contributed by atoms with Gasteiger partial charge in [0.15, 0.2) is 6.29 Å². The molecule has 3 rings (SSSR count). The van der Waals surface area contributed by atoms with Gasteiger partial charge in [0.2, 0.25) is 0 Å². The molecule has 22 heavy (non-hydrogen) atoms. The highest BCUT2D eigenvalue weighted by molar-refractivity contribution is 5.86. The van der Waals surface area contributed by atoms with E-state index in [2.05, 4.69) is 10.3 Å². The van der Waals surface area contributed by atoms with E-state index in [1.165, 1.54) is 0 Å². The van der Waals surface area contributed by atoms with Crippen LogP contribution in [0.5, 0.6) is 5.75 Å². The van der Waals surface area contributed by atoms with Crippen LogP contribution in [0.3, 0.4) is 0 Å². The van der Waals surface area contributed by atoms with Crippen LogP contribution in [-0.2, 0) is 6.54 Å². The van der Waals surface area contributed by atoms with Gasteiger partial charge in [0, 0.05) is 34.9 Å². The Labute approximate surface area is 128 Å². The zero-order chi connectivity index (χ0) is 15.4. The third-order valence-electron chi connectivity index (χ3n) is 3.60. The fourth-order valence-electron chi connectivity index (χ4n) is 2.49. The normalized spacial score (nSPS) is 10.4. The highest BCUT2D eigenvalue weighted by Gasteiger charge is 2.10. The van der Waals surface area contributed by atoms with Gasteiger partial charge in [0.1, 0.15) is 5.75 Å². The lowest BCUT2D eigenvalue weighted by Gasteiger charge is -2.14. The molecule has 0 fully saturated rings. The van der Waals surface area contributed by atoms with Gasteiger partial charge in [-0.15, -0.1) is 0 Å². The van der Waals surface area contributed by atoms with Crippen LogP contribution in [0.25, 0.3) is 10.9 Å². The Morgan fingerprint density at radius 3 is 2.82 bits per heavy atom. The van der Waals surface area contributed by atoms with Gasteiger partial charge in [-0.1, -0.05) is 18.2 Å². The van der Waals surface area contributed by atoms with Gasteiger partial charge in [-0.2, -0.15) is 0 Å². The van der Waals surface area contributed by atoms with Gasteiger partial charge in [-0.05, 0) is 30.3 Å². The molecular formula is C18H16N2O2. The number of hydrogen-bond donors (Lipinski definition) is 1. The Morgan fingerprint density at radius 2 is 2.00 bits per heavy atom. The molecule has 0 atom stereocenters. The number of benzene rings is 2. The topological polar surface area (TPSA) is 51.2 Å². The molecule has 0 amide bonds. The molecule has 0 aliphatic heterocycles. The van der Waals surface area contributed by atoms with E-state index < -0.39 is 0 Å². The van der Waals surface area contributed by atoms with E-state index in [-0.39, 0.29) is 0 Å². The quantitative estimate of drug-likeness (QED) is 0.729. The largest absolute Gasteiger partial charge is 0.496 e. The van der Waals surface area contributed by atoms with Crippen molar-refractivity contribution in [3.63, 3.8) is 0 Å². The van der Waals surface area contributed by atoms with E-state index in [0.717, 1.165) is 34.2 Å². The van der Waals surface area contributed by atoms with E-state index in [9.17, 15) is 4.79 Å². The van der Waals surface area contributed by atoms with E-state index >= 15 is 0 Å². The van der Waals surface area contributed by atoms with Crippen LogP contribution >= 0.6 is 0 Å². The molecule has 4 nitrogen and oxygen atoms in total. The highest BCUT2D eigenvalue weighted by atomic mass is 16.5. The maximum Gasteiger partial charge on any atom is 0.152 e. The molecule has 3 aromatic rings. The number of rotatable bonds is 5. The minimum atomic E-state index is 0.530. The Balaban J connectivity index is 1.98. The zero-order valence-electron chi connectivity index (χ0n) is 12.2. The molecule has 0 aliphatic carbocycles. The van der Waals surface area contributed by atoms with Crippen molar-refractivity contribution in [1.82, 2.24) is 4.98 Å². The van der Waals surface area contributed by atoms with Gasteiger partial charge in [-0.25, -0.2) is 0 Å². The smallest absolute Gasteiger partial charge is 0.152 e. The summed E-state index contributed by atoms with van der Waals surface area (Å²) >= 11 is 0. The Hall–Kier alpha value is -2.88. The fraction of sp³-hybridized carbons (Fsp3) is 0.111. The van der Waals surface area contributed by atoms with Crippen LogP contribution in [0.15, 0.2) is 54.7 Å². The first-order valence-electron chi connectivity index (χ1n) is 7.02. The molecule has 110 valence electrons. The molecule has 2 aromatic carbocycles. The second-order valence-electron chi connectivity index (χ2n) is 4.88. The number of hydrogen-bond acceptors (Lipinski definition) is 4. The van der Waals surface area contributed by atoms with Crippen molar-refractivity contribution >= 4 is 22.9 Å². The van der Waals surface area contributed by atoms with Crippen molar-refractivity contribution in [3.8, 4) is 5.75 Å². The lowest BCUT2D eigenvalue weighted by Crippen LogP contribution is -2.05. The maximum absolute atomic E-state index is 11.1. The van der Waals surface area contributed by atoms with E-state index in [1.54, 1.807) is 19.4 Å². The highest BCUT2D eigenvalue weighted by Crippen LogP contribution is 2.27. The van der Waals surface area contributed by atoms with Gasteiger partial charge in [0.05, 0.1) is 12.6 Å². The van der Waals surface area contributed by atoms with Gasteiger partial charge >= 0.3 is 0 Å². The van der Waals surface area contributed by atoms with Gasteiger partial charge in [-0.3, -0.25) is 9.78 Å². The number of aromatic nitrogens is 1. The molecule has 0 bridgehead atoms. The number of para-hydroxylation sites is 1. The second-order valence-corrected chi connectivity index (χ2v) is 4.88. The third-order valence-corrected chi connectivity index (χ3v) is 3.60. The van der Waals surface area contributed by atoms with Crippen molar-refractivity contribution in [2.24, 2.45) is 0 Å². The number of ether oxygens (including phenoxy) is 1. The summed E-state index contributed by atoms with van der Waals surface area (Å²) in [5.41, 5.74) is 3.31. The summed E-state index contributed by atoms with van der Waals surface area (Å²) in [7, 11) is 1.65. The van der Waals surface area contributed by atoms with Crippen LogP contribution in [0.2, 0.25) is 0 Å². The van der Waals surface area contributed by atoms with Crippen molar-refractivity contribution in [3.05, 3.63) is 65.9 Å². The first kappa shape index (κ1) is 14.1. The van der Waals surface area contributed by atoms with E-state index in [4.69, 9.17) is 4.74 Å². The molecule has 0 aliphatic rings. The first-order valence-corrected chi connectivity index (χ1v) is 7.02. The summed E-state index contributed by atoms with van der Waals surface area (Å²) in [6.45, 7) is 0.530. The Morgan fingerprint density at radius 1 is 1.14 bits per heavy atom. The van der Waals surface area contributed by atoms with Crippen molar-refractivity contribution < 1.29 is 9.53 Å². The molecule has 1 aromatic heterocycles. The average molecular weight is 292 g/mol. The van der Waals surface area contributed by atoms with Crippen molar-refractivity contribution in [2.75, 3.05) is 12.4 Å². The second kappa shape index (κ2) is 6.26. The van der Waals surface area contributed by atoms with Crippen molar-refractivity contribution in [1.29, 1.82) is 0 Å². The molecule has 0 saturated heterocycles. The molecule has 0 radical (unpaired) electrons. The van der Waals surface area contributed by atoms with Gasteiger partial charge in [0.25, 0.3) is 0 Å². The Bertz CT molecular complexity index is 815. The van der Waals surface area contributed by atoms with Crippen LogP contribution in [-0.4, -0.2) is 18.4 Å². The molecule has 0 spiro atoms. The number of aldehydes is 1. The number of pyridine rings is 1. The number of fused-ring (bicyclic) bond motifs is 1. The van der Waals surface area contributed by atoms with Crippen LogP contribution in [0.4, 0.5) is 5.69 Å². The molecule has 4 heteroatoms. The van der Waals surface area contributed by atoms with E-state index in [0.29, 0.717) is 12.1 Å². The minimum Gasteiger partial charge on any atom is -0.496 e. The fourth-order valence-corrected chi connectivity index (χ4v) is 2.49. The lowest BCUT2D eigenvalue weighted by atomic mass is 10.1. The zero-order valence-corrected chi connectivity index (χ0v) is 12.2. The SMILES string of the molecule is COc1ccc2cccnc2c1CNc1ccccc1C=O. The molecule has 1 N–H and O–H groups in total. The van der Waals surface area contributed by atoms with E-state index in [1.807, 2.05) is 42.5 Å². The summed E-state index contributed by atoms with van der Waals surface area (Å²) < 4.78 is 5.45. The number of carbonyl (C=O) groups is 1.